The molecule has 0 saturated heterocycles. The molecule has 1 saturated carbocycles. The summed E-state index contributed by atoms with van der Waals surface area (Å²) in [5.74, 6) is -1.94. The first-order valence-electron chi connectivity index (χ1n) is 10.1. The molecule has 4 rings (SSSR count). The number of hydrogen-bond donors (Lipinski definition) is 2. The van der Waals surface area contributed by atoms with Crippen molar-refractivity contribution in [1.29, 1.82) is 0 Å². The number of ketones is 1. The highest BCUT2D eigenvalue weighted by atomic mass is 35.5. The zero-order chi connectivity index (χ0) is 25.5. The van der Waals surface area contributed by atoms with Crippen LogP contribution in [0, 0.1) is 5.92 Å². The Morgan fingerprint density at radius 1 is 0.771 bits per heavy atom. The fraction of sp³-hybridized carbons (Fsp3) is 0.167. The van der Waals surface area contributed by atoms with Crippen LogP contribution in [-0.4, -0.2) is 22.6 Å². The Bertz CT molecular complexity index is 1310. The molecule has 2 N–H and O–H groups in total. The van der Waals surface area contributed by atoms with E-state index in [-0.39, 0.29) is 22.9 Å². The summed E-state index contributed by atoms with van der Waals surface area (Å²) in [6, 6.07) is 14.5. The van der Waals surface area contributed by atoms with Crippen molar-refractivity contribution in [3.05, 3.63) is 90.8 Å². The van der Waals surface area contributed by atoms with Gasteiger partial charge in [-0.3, -0.25) is 9.59 Å². The van der Waals surface area contributed by atoms with Gasteiger partial charge in [0.15, 0.2) is 5.78 Å². The van der Waals surface area contributed by atoms with Crippen molar-refractivity contribution < 1.29 is 9.59 Å². The van der Waals surface area contributed by atoms with E-state index in [9.17, 15) is 9.59 Å². The number of amides is 1. The van der Waals surface area contributed by atoms with E-state index in [4.69, 9.17) is 81.2 Å². The minimum atomic E-state index is -1.33. The summed E-state index contributed by atoms with van der Waals surface area (Å²) in [7, 11) is 0. The van der Waals surface area contributed by atoms with Gasteiger partial charge < -0.3 is 10.6 Å². The first kappa shape index (κ1) is 26.7. The van der Waals surface area contributed by atoms with E-state index in [1.165, 1.54) is 12.1 Å². The Labute approximate surface area is 236 Å². The number of anilines is 2. The lowest BCUT2D eigenvalue weighted by atomic mass is 10.1. The summed E-state index contributed by atoms with van der Waals surface area (Å²) in [6.45, 7) is -0.0538. The average Bonchev–Trinajstić information content (AvgIpc) is 3.37. The number of Topliss-reactive ketones (excluding diaryl/α,β-unsaturated/α-hetero) is 1. The third-order valence-electron chi connectivity index (χ3n) is 5.49. The molecule has 2 atom stereocenters. The van der Waals surface area contributed by atoms with Gasteiger partial charge in [0.05, 0.1) is 27.5 Å². The standard InChI is InChI=1S/C24H15Cl7N2O2/c25-12-5-11(6-13(26)7-12)21-22(24(21,30)31)23(35)33-15-2-3-17(27)16(8-15)20(34)10-32-14-1-4-18(28)19(29)9-14/h1-9,21-22,32H,10H2,(H,33,35). The summed E-state index contributed by atoms with van der Waals surface area (Å²) in [5.41, 5.74) is 1.88. The topological polar surface area (TPSA) is 58.2 Å². The summed E-state index contributed by atoms with van der Waals surface area (Å²) in [5, 5.41) is 7.58. The molecule has 0 heterocycles. The van der Waals surface area contributed by atoms with Crippen LogP contribution in [0.2, 0.25) is 25.1 Å². The van der Waals surface area contributed by atoms with Crippen LogP contribution in [0.15, 0.2) is 54.6 Å². The predicted octanol–water partition coefficient (Wildman–Crippen LogP) is 8.77. The molecule has 2 unspecified atom stereocenters. The van der Waals surface area contributed by atoms with Crippen molar-refractivity contribution in [3.8, 4) is 0 Å². The number of halogens is 7. The maximum Gasteiger partial charge on any atom is 0.231 e. The van der Waals surface area contributed by atoms with E-state index < -0.39 is 22.1 Å². The zero-order valence-corrected chi connectivity index (χ0v) is 22.8. The largest absolute Gasteiger partial charge is 0.378 e. The monoisotopic (exact) mass is 608 g/mol. The van der Waals surface area contributed by atoms with Gasteiger partial charge in [-0.2, -0.15) is 0 Å². The second-order valence-corrected chi connectivity index (χ2v) is 11.5. The molecule has 0 aromatic heterocycles. The molecule has 1 aliphatic rings. The van der Waals surface area contributed by atoms with Crippen LogP contribution in [0.25, 0.3) is 0 Å². The SMILES string of the molecule is O=C(CNc1ccc(Cl)c(Cl)c1)c1cc(NC(=O)C2C(c3cc(Cl)cc(Cl)c3)C2(Cl)Cl)ccc1Cl. The lowest BCUT2D eigenvalue weighted by molar-refractivity contribution is -0.117. The van der Waals surface area contributed by atoms with E-state index in [2.05, 4.69) is 10.6 Å². The van der Waals surface area contributed by atoms with Gasteiger partial charge >= 0.3 is 0 Å². The fourth-order valence-electron chi connectivity index (χ4n) is 3.74. The van der Waals surface area contributed by atoms with Crippen LogP contribution >= 0.6 is 81.2 Å². The predicted molar refractivity (Wildman–Crippen MR) is 146 cm³/mol. The minimum Gasteiger partial charge on any atom is -0.378 e. The van der Waals surface area contributed by atoms with E-state index in [0.29, 0.717) is 37.0 Å². The minimum absolute atomic E-state index is 0.0538. The third-order valence-corrected chi connectivity index (χ3v) is 7.93. The number of carbonyl (C=O) groups is 2. The molecule has 0 bridgehead atoms. The summed E-state index contributed by atoms with van der Waals surface area (Å²) >= 11 is 43.2. The molecular formula is C24H15Cl7N2O2. The van der Waals surface area contributed by atoms with Gasteiger partial charge in [0.25, 0.3) is 0 Å². The number of alkyl halides is 2. The first-order valence-corrected chi connectivity index (χ1v) is 12.8. The molecule has 35 heavy (non-hydrogen) atoms. The van der Waals surface area contributed by atoms with Crippen molar-refractivity contribution in [2.75, 3.05) is 17.2 Å². The van der Waals surface area contributed by atoms with Crippen LogP contribution in [0.3, 0.4) is 0 Å². The molecule has 4 nitrogen and oxygen atoms in total. The second kappa shape index (κ2) is 10.5. The maximum absolute atomic E-state index is 13.0. The summed E-state index contributed by atoms with van der Waals surface area (Å²) in [6.07, 6.45) is 0. The smallest absolute Gasteiger partial charge is 0.231 e. The molecule has 182 valence electrons. The first-order chi connectivity index (χ1) is 16.5. The molecule has 1 fully saturated rings. The van der Waals surface area contributed by atoms with E-state index in [1.807, 2.05) is 0 Å². The van der Waals surface area contributed by atoms with Gasteiger partial charge in [0.2, 0.25) is 5.91 Å². The van der Waals surface area contributed by atoms with Crippen molar-refractivity contribution >= 4 is 104 Å². The number of hydrogen-bond acceptors (Lipinski definition) is 3. The quantitative estimate of drug-likeness (QED) is 0.208. The molecule has 1 aliphatic carbocycles. The third kappa shape index (κ3) is 5.97. The number of nitrogens with one attached hydrogen (secondary N) is 2. The Balaban J connectivity index is 1.46. The van der Waals surface area contributed by atoms with Crippen LogP contribution in [-0.2, 0) is 4.79 Å². The highest BCUT2D eigenvalue weighted by Crippen LogP contribution is 2.65. The van der Waals surface area contributed by atoms with Crippen LogP contribution in [0.5, 0.6) is 0 Å². The number of rotatable bonds is 7. The van der Waals surface area contributed by atoms with Crippen LogP contribution in [0.4, 0.5) is 11.4 Å². The molecular weight excluding hydrogens is 596 g/mol. The van der Waals surface area contributed by atoms with Crippen LogP contribution < -0.4 is 10.6 Å². The summed E-state index contributed by atoms with van der Waals surface area (Å²) in [4.78, 5) is 25.8. The Hall–Kier alpha value is -1.37. The highest BCUT2D eigenvalue weighted by Gasteiger charge is 2.67. The Kier molecular flexibility index (Phi) is 8.04. The molecule has 0 aliphatic heterocycles. The molecule has 1 amide bonds. The number of carbonyl (C=O) groups excluding carboxylic acids is 2. The van der Waals surface area contributed by atoms with Gasteiger partial charge in [0.1, 0.15) is 4.33 Å². The molecule has 11 heteroatoms. The normalized spacial score (nSPS) is 18.1. The van der Waals surface area contributed by atoms with Gasteiger partial charge in [-0.25, -0.2) is 0 Å². The van der Waals surface area contributed by atoms with Gasteiger partial charge in [-0.1, -0.05) is 58.0 Å². The van der Waals surface area contributed by atoms with Crippen LogP contribution in [0.1, 0.15) is 21.8 Å². The van der Waals surface area contributed by atoms with Gasteiger partial charge in [-0.15, -0.1) is 23.2 Å². The zero-order valence-electron chi connectivity index (χ0n) is 17.5. The summed E-state index contributed by atoms with van der Waals surface area (Å²) < 4.78 is -1.33. The van der Waals surface area contributed by atoms with E-state index in [0.717, 1.165) is 0 Å². The lowest BCUT2D eigenvalue weighted by Crippen LogP contribution is -2.18. The molecule has 3 aromatic rings. The molecule has 3 aromatic carbocycles. The highest BCUT2D eigenvalue weighted by molar-refractivity contribution is 6.53. The second-order valence-electron chi connectivity index (χ2n) is 7.92. The van der Waals surface area contributed by atoms with Crippen molar-refractivity contribution in [1.82, 2.24) is 0 Å². The molecule has 0 spiro atoms. The average molecular weight is 612 g/mol. The van der Waals surface area contributed by atoms with E-state index >= 15 is 0 Å². The van der Waals surface area contributed by atoms with E-state index in [1.54, 1.807) is 42.5 Å². The Morgan fingerprint density at radius 3 is 2.06 bits per heavy atom. The van der Waals surface area contributed by atoms with Crippen molar-refractivity contribution in [3.63, 3.8) is 0 Å². The maximum atomic E-state index is 13.0. The lowest BCUT2D eigenvalue weighted by Gasteiger charge is -2.11. The van der Waals surface area contributed by atoms with Gasteiger partial charge in [-0.05, 0) is 60.2 Å². The number of benzene rings is 3. The van der Waals surface area contributed by atoms with Crippen molar-refractivity contribution in [2.24, 2.45) is 5.92 Å². The molecule has 0 radical (unpaired) electrons. The Morgan fingerprint density at radius 2 is 1.40 bits per heavy atom. The van der Waals surface area contributed by atoms with Gasteiger partial charge in [0, 0.05) is 32.9 Å². The van der Waals surface area contributed by atoms with Crippen molar-refractivity contribution in [2.45, 2.75) is 10.3 Å². The fourth-order valence-corrected chi connectivity index (χ4v) is 5.63.